The molecule has 0 radical (unpaired) electrons. The number of anilines is 2. The molecule has 0 aliphatic carbocycles. The second-order valence-electron chi connectivity index (χ2n) is 5.00. The van der Waals surface area contributed by atoms with Crippen molar-refractivity contribution in [2.45, 2.75) is 9.79 Å². The van der Waals surface area contributed by atoms with Gasteiger partial charge in [0.1, 0.15) is 0 Å². The lowest BCUT2D eigenvalue weighted by molar-refractivity contribution is -0.118. The summed E-state index contributed by atoms with van der Waals surface area (Å²) in [6.45, 7) is 0.396. The second kappa shape index (κ2) is 6.52. The Morgan fingerprint density at radius 3 is 1.95 bits per heavy atom. The van der Waals surface area contributed by atoms with Crippen molar-refractivity contribution in [3.05, 3.63) is 48.5 Å². The SMILES string of the molecule is CN(C)CC(=O)N1c2ccccc2Sc2ccccc21.Cl. The summed E-state index contributed by atoms with van der Waals surface area (Å²) < 4.78 is 0. The number of halogens is 1. The van der Waals surface area contributed by atoms with Crippen molar-refractivity contribution in [3.63, 3.8) is 0 Å². The highest BCUT2D eigenvalue weighted by Crippen LogP contribution is 2.47. The first kappa shape index (κ1) is 15.9. The third-order valence-corrected chi connectivity index (χ3v) is 4.26. The highest BCUT2D eigenvalue weighted by Gasteiger charge is 2.27. The van der Waals surface area contributed by atoms with Crippen LogP contribution in [0.15, 0.2) is 58.3 Å². The highest BCUT2D eigenvalue weighted by molar-refractivity contribution is 7.99. The fourth-order valence-electron chi connectivity index (χ4n) is 2.31. The van der Waals surface area contributed by atoms with E-state index in [9.17, 15) is 4.79 Å². The molecule has 3 nitrogen and oxygen atoms in total. The van der Waals surface area contributed by atoms with Crippen molar-refractivity contribution >= 4 is 41.5 Å². The molecule has 0 aromatic heterocycles. The van der Waals surface area contributed by atoms with Crippen molar-refractivity contribution in [2.24, 2.45) is 0 Å². The van der Waals surface area contributed by atoms with Gasteiger partial charge in [-0.1, -0.05) is 36.0 Å². The molecule has 0 spiro atoms. The minimum Gasteiger partial charge on any atom is -0.301 e. The molecule has 1 aliphatic rings. The van der Waals surface area contributed by atoms with Crippen molar-refractivity contribution in [1.29, 1.82) is 0 Å². The molecule has 0 fully saturated rings. The van der Waals surface area contributed by atoms with Crippen LogP contribution in [0.3, 0.4) is 0 Å². The van der Waals surface area contributed by atoms with E-state index in [0.717, 1.165) is 21.2 Å². The maximum absolute atomic E-state index is 12.6. The summed E-state index contributed by atoms with van der Waals surface area (Å²) in [5.41, 5.74) is 1.95. The molecular formula is C16H17ClN2OS. The number of hydrogen-bond donors (Lipinski definition) is 0. The van der Waals surface area contributed by atoms with E-state index in [-0.39, 0.29) is 18.3 Å². The molecule has 110 valence electrons. The normalized spacial score (nSPS) is 12.4. The number of rotatable bonds is 2. The van der Waals surface area contributed by atoms with Crippen molar-refractivity contribution in [2.75, 3.05) is 25.5 Å². The zero-order valence-corrected chi connectivity index (χ0v) is 13.6. The molecule has 2 aromatic rings. The quantitative estimate of drug-likeness (QED) is 0.841. The van der Waals surface area contributed by atoms with Gasteiger partial charge in [0, 0.05) is 9.79 Å². The Morgan fingerprint density at radius 2 is 1.48 bits per heavy atom. The highest BCUT2D eigenvalue weighted by atomic mass is 35.5. The first-order chi connectivity index (χ1) is 9.66. The summed E-state index contributed by atoms with van der Waals surface area (Å²) in [4.78, 5) is 18.6. The summed E-state index contributed by atoms with van der Waals surface area (Å²) in [6.07, 6.45) is 0. The van der Waals surface area contributed by atoms with E-state index in [1.165, 1.54) is 0 Å². The van der Waals surface area contributed by atoms with Crippen LogP contribution in [0.4, 0.5) is 11.4 Å². The van der Waals surface area contributed by atoms with E-state index in [0.29, 0.717) is 6.54 Å². The van der Waals surface area contributed by atoms with Crippen LogP contribution in [-0.2, 0) is 4.79 Å². The Morgan fingerprint density at radius 1 is 1.00 bits per heavy atom. The molecule has 1 aliphatic heterocycles. The van der Waals surface area contributed by atoms with E-state index < -0.39 is 0 Å². The Balaban J connectivity index is 0.00000161. The lowest BCUT2D eigenvalue weighted by Gasteiger charge is -2.31. The van der Waals surface area contributed by atoms with Crippen LogP contribution in [-0.4, -0.2) is 31.4 Å². The van der Waals surface area contributed by atoms with Crippen LogP contribution >= 0.6 is 24.2 Å². The maximum atomic E-state index is 12.6. The Bertz CT molecular complexity index is 615. The van der Waals surface area contributed by atoms with E-state index in [1.807, 2.05) is 60.3 Å². The Labute approximate surface area is 135 Å². The van der Waals surface area contributed by atoms with Crippen LogP contribution in [0.2, 0.25) is 0 Å². The van der Waals surface area contributed by atoms with Crippen LogP contribution in [0.25, 0.3) is 0 Å². The molecule has 0 saturated carbocycles. The molecule has 3 rings (SSSR count). The Kier molecular flexibility index (Phi) is 4.93. The van der Waals surface area contributed by atoms with Gasteiger partial charge in [0.05, 0.1) is 17.9 Å². The standard InChI is InChI=1S/C16H16N2OS.ClH/c1-17(2)11-16(19)18-12-7-3-5-9-14(12)20-15-10-6-4-8-13(15)18;/h3-10H,11H2,1-2H3;1H. The van der Waals surface area contributed by atoms with Gasteiger partial charge in [-0.15, -0.1) is 12.4 Å². The smallest absolute Gasteiger partial charge is 0.245 e. The van der Waals surface area contributed by atoms with E-state index in [2.05, 4.69) is 12.1 Å². The van der Waals surface area contributed by atoms with Gasteiger partial charge >= 0.3 is 0 Å². The largest absolute Gasteiger partial charge is 0.301 e. The fourth-order valence-corrected chi connectivity index (χ4v) is 3.37. The van der Waals surface area contributed by atoms with Gasteiger partial charge in [0.15, 0.2) is 0 Å². The summed E-state index contributed by atoms with van der Waals surface area (Å²) in [5.74, 6) is 0.0928. The minimum atomic E-state index is 0. The lowest BCUT2D eigenvalue weighted by Crippen LogP contribution is -2.36. The summed E-state index contributed by atoms with van der Waals surface area (Å²) in [7, 11) is 3.82. The number of carbonyl (C=O) groups excluding carboxylic acids is 1. The predicted octanol–water partition coefficient (Wildman–Crippen LogP) is 3.80. The first-order valence-electron chi connectivity index (χ1n) is 6.50. The van der Waals surface area contributed by atoms with Gasteiger partial charge in [-0.25, -0.2) is 0 Å². The fraction of sp³-hybridized carbons (Fsp3) is 0.188. The van der Waals surface area contributed by atoms with Gasteiger partial charge in [-0.3, -0.25) is 9.69 Å². The minimum absolute atomic E-state index is 0. The predicted molar refractivity (Wildman–Crippen MR) is 90.0 cm³/mol. The van der Waals surface area contributed by atoms with E-state index in [1.54, 1.807) is 11.8 Å². The van der Waals surface area contributed by atoms with Crippen LogP contribution < -0.4 is 4.90 Å². The first-order valence-corrected chi connectivity index (χ1v) is 7.32. The molecule has 1 heterocycles. The van der Waals surface area contributed by atoms with Crippen LogP contribution in [0.1, 0.15) is 0 Å². The van der Waals surface area contributed by atoms with Gasteiger partial charge in [-0.05, 0) is 38.4 Å². The summed E-state index contributed by atoms with van der Waals surface area (Å²) in [5, 5.41) is 0. The molecule has 0 unspecified atom stereocenters. The topological polar surface area (TPSA) is 23.6 Å². The molecule has 21 heavy (non-hydrogen) atoms. The summed E-state index contributed by atoms with van der Waals surface area (Å²) >= 11 is 1.72. The van der Waals surface area contributed by atoms with Crippen molar-refractivity contribution in [3.8, 4) is 0 Å². The zero-order valence-electron chi connectivity index (χ0n) is 11.9. The number of fused-ring (bicyclic) bond motifs is 2. The Hall–Kier alpha value is -1.49. The zero-order chi connectivity index (χ0) is 14.1. The number of likely N-dealkylation sites (N-methyl/N-ethyl adjacent to an activating group) is 1. The summed E-state index contributed by atoms with van der Waals surface area (Å²) in [6, 6.07) is 16.1. The molecule has 5 heteroatoms. The second-order valence-corrected chi connectivity index (χ2v) is 6.09. The van der Waals surface area contributed by atoms with Crippen molar-refractivity contribution < 1.29 is 4.79 Å². The van der Waals surface area contributed by atoms with Crippen LogP contribution in [0, 0.1) is 0 Å². The van der Waals surface area contributed by atoms with Gasteiger partial charge in [0.25, 0.3) is 0 Å². The number of hydrogen-bond acceptors (Lipinski definition) is 3. The van der Waals surface area contributed by atoms with Crippen LogP contribution in [0.5, 0.6) is 0 Å². The van der Waals surface area contributed by atoms with Gasteiger partial charge in [-0.2, -0.15) is 0 Å². The average Bonchev–Trinajstić information content (AvgIpc) is 2.43. The third kappa shape index (κ3) is 3.07. The molecule has 2 aromatic carbocycles. The number of para-hydroxylation sites is 2. The average molecular weight is 321 g/mol. The van der Waals surface area contributed by atoms with Gasteiger partial charge < -0.3 is 4.90 Å². The molecule has 1 amide bonds. The maximum Gasteiger partial charge on any atom is 0.245 e. The number of carbonyl (C=O) groups is 1. The number of benzene rings is 2. The molecule has 0 N–H and O–H groups in total. The molecule has 0 saturated heterocycles. The monoisotopic (exact) mass is 320 g/mol. The lowest BCUT2D eigenvalue weighted by atomic mass is 10.2. The molecular weight excluding hydrogens is 304 g/mol. The number of amides is 1. The molecule has 0 bridgehead atoms. The van der Waals surface area contributed by atoms with E-state index >= 15 is 0 Å². The van der Waals surface area contributed by atoms with Gasteiger partial charge in [0.2, 0.25) is 5.91 Å². The van der Waals surface area contributed by atoms with Crippen molar-refractivity contribution in [1.82, 2.24) is 4.90 Å². The third-order valence-electron chi connectivity index (χ3n) is 3.13. The van der Waals surface area contributed by atoms with E-state index in [4.69, 9.17) is 0 Å². The number of nitrogens with zero attached hydrogens (tertiary/aromatic N) is 2. The molecule has 0 atom stereocenters.